The number of hydrogen-bond donors (Lipinski definition) is 1. The van der Waals surface area contributed by atoms with E-state index in [4.69, 9.17) is 4.52 Å². The summed E-state index contributed by atoms with van der Waals surface area (Å²) in [6.45, 7) is 3.66. The van der Waals surface area contributed by atoms with E-state index in [1.807, 2.05) is 56.3 Å². The molecule has 3 aromatic rings. The Bertz CT molecular complexity index is 810. The summed E-state index contributed by atoms with van der Waals surface area (Å²) >= 11 is 0. The van der Waals surface area contributed by atoms with E-state index in [2.05, 4.69) is 5.16 Å². The Kier molecular flexibility index (Phi) is 3.67. The molecule has 0 radical (unpaired) electrons. The second-order valence-electron chi connectivity index (χ2n) is 5.47. The molecule has 0 saturated carbocycles. The largest absolute Gasteiger partial charge is 0.481 e. The summed E-state index contributed by atoms with van der Waals surface area (Å²) in [7, 11) is 0. The van der Waals surface area contributed by atoms with Crippen LogP contribution in [0.4, 0.5) is 0 Å². The Morgan fingerprint density at radius 1 is 1.18 bits per heavy atom. The summed E-state index contributed by atoms with van der Waals surface area (Å²) in [5, 5.41) is 15.7. The van der Waals surface area contributed by atoms with Crippen LogP contribution in [0.3, 0.4) is 0 Å². The molecular formula is C18H17NO3. The van der Waals surface area contributed by atoms with Crippen molar-refractivity contribution in [2.24, 2.45) is 0 Å². The highest BCUT2D eigenvalue weighted by Gasteiger charge is 2.25. The number of hydrogen-bond acceptors (Lipinski definition) is 3. The molecule has 4 nitrogen and oxygen atoms in total. The van der Waals surface area contributed by atoms with Crippen LogP contribution >= 0.6 is 0 Å². The van der Waals surface area contributed by atoms with Gasteiger partial charge in [0.25, 0.3) is 0 Å². The van der Waals surface area contributed by atoms with Crippen LogP contribution in [0.15, 0.2) is 47.0 Å². The van der Waals surface area contributed by atoms with Crippen molar-refractivity contribution in [3.8, 4) is 0 Å². The monoisotopic (exact) mass is 295 g/mol. The van der Waals surface area contributed by atoms with E-state index in [1.54, 1.807) is 0 Å². The number of nitrogens with zero attached hydrogens (tertiary/aromatic N) is 1. The fourth-order valence-corrected chi connectivity index (χ4v) is 2.88. The molecule has 1 N–H and O–H groups in total. The van der Waals surface area contributed by atoms with Crippen molar-refractivity contribution >= 4 is 16.7 Å². The van der Waals surface area contributed by atoms with E-state index < -0.39 is 11.9 Å². The predicted molar refractivity (Wildman–Crippen MR) is 84.0 cm³/mol. The highest BCUT2D eigenvalue weighted by atomic mass is 16.5. The number of carbonyl (C=O) groups is 1. The lowest BCUT2D eigenvalue weighted by atomic mass is 9.88. The molecule has 22 heavy (non-hydrogen) atoms. The highest BCUT2D eigenvalue weighted by Crippen LogP contribution is 2.30. The molecule has 0 amide bonds. The molecule has 112 valence electrons. The molecular weight excluding hydrogens is 278 g/mol. The molecule has 0 aliphatic carbocycles. The van der Waals surface area contributed by atoms with Crippen molar-refractivity contribution in [2.45, 2.75) is 26.2 Å². The van der Waals surface area contributed by atoms with Crippen molar-refractivity contribution in [2.75, 3.05) is 0 Å². The third kappa shape index (κ3) is 2.48. The summed E-state index contributed by atoms with van der Waals surface area (Å²) in [5.41, 5.74) is 2.45. The van der Waals surface area contributed by atoms with Crippen LogP contribution < -0.4 is 0 Å². The van der Waals surface area contributed by atoms with Gasteiger partial charge in [0.1, 0.15) is 5.76 Å². The molecule has 1 heterocycles. The first-order chi connectivity index (χ1) is 10.6. The van der Waals surface area contributed by atoms with Gasteiger partial charge in [-0.2, -0.15) is 0 Å². The molecule has 1 aromatic heterocycles. The Hall–Kier alpha value is -2.62. The van der Waals surface area contributed by atoms with Gasteiger partial charge >= 0.3 is 5.97 Å². The van der Waals surface area contributed by atoms with Gasteiger partial charge in [0.15, 0.2) is 0 Å². The van der Waals surface area contributed by atoms with Crippen LogP contribution in [0.5, 0.6) is 0 Å². The van der Waals surface area contributed by atoms with E-state index in [0.29, 0.717) is 12.2 Å². The third-order valence-electron chi connectivity index (χ3n) is 4.09. The molecule has 0 fully saturated rings. The Morgan fingerprint density at radius 3 is 2.59 bits per heavy atom. The molecule has 0 bridgehead atoms. The van der Waals surface area contributed by atoms with Crippen LogP contribution in [0.1, 0.15) is 28.5 Å². The lowest BCUT2D eigenvalue weighted by Gasteiger charge is -2.15. The molecule has 0 aliphatic rings. The van der Waals surface area contributed by atoms with Crippen LogP contribution in [-0.4, -0.2) is 16.2 Å². The molecule has 4 heteroatoms. The molecule has 1 unspecified atom stereocenters. The number of carboxylic acids is 1. The van der Waals surface area contributed by atoms with Crippen molar-refractivity contribution in [1.29, 1.82) is 0 Å². The Morgan fingerprint density at radius 2 is 1.91 bits per heavy atom. The SMILES string of the molecule is Cc1noc(C)c1CC(C(=O)O)c1cccc2ccccc12. The lowest BCUT2D eigenvalue weighted by Crippen LogP contribution is -2.15. The number of fused-ring (bicyclic) bond motifs is 1. The highest BCUT2D eigenvalue weighted by molar-refractivity contribution is 5.90. The van der Waals surface area contributed by atoms with Gasteiger partial charge in [-0.25, -0.2) is 0 Å². The first kappa shape index (κ1) is 14.3. The summed E-state index contributed by atoms with van der Waals surface area (Å²) < 4.78 is 5.16. The first-order valence-corrected chi connectivity index (χ1v) is 7.20. The van der Waals surface area contributed by atoms with Crippen LogP contribution in [-0.2, 0) is 11.2 Å². The van der Waals surface area contributed by atoms with E-state index >= 15 is 0 Å². The minimum absolute atomic E-state index is 0.379. The summed E-state index contributed by atoms with van der Waals surface area (Å²) in [6.07, 6.45) is 0.379. The van der Waals surface area contributed by atoms with Gasteiger partial charge in [0, 0.05) is 5.56 Å². The molecule has 2 aromatic carbocycles. The number of carboxylic acid groups (broad SMARTS) is 1. The Balaban J connectivity index is 2.09. The number of aliphatic carboxylic acids is 1. The summed E-state index contributed by atoms with van der Waals surface area (Å²) in [4.78, 5) is 11.8. The van der Waals surface area contributed by atoms with Gasteiger partial charge in [-0.05, 0) is 36.6 Å². The predicted octanol–water partition coefficient (Wildman–Crippen LogP) is 3.86. The standard InChI is InChI=1S/C18H17NO3/c1-11-16(12(2)22-19-11)10-17(18(20)21)15-9-5-7-13-6-3-4-8-14(13)15/h3-9,17H,10H2,1-2H3,(H,20,21). The molecule has 0 saturated heterocycles. The minimum Gasteiger partial charge on any atom is -0.481 e. The van der Waals surface area contributed by atoms with Crippen molar-refractivity contribution in [3.05, 3.63) is 65.0 Å². The zero-order chi connectivity index (χ0) is 15.7. The van der Waals surface area contributed by atoms with Crippen LogP contribution in [0.25, 0.3) is 10.8 Å². The van der Waals surface area contributed by atoms with Crippen LogP contribution in [0, 0.1) is 13.8 Å². The zero-order valence-corrected chi connectivity index (χ0v) is 12.5. The van der Waals surface area contributed by atoms with E-state index in [-0.39, 0.29) is 0 Å². The maximum Gasteiger partial charge on any atom is 0.311 e. The van der Waals surface area contributed by atoms with Gasteiger partial charge in [-0.1, -0.05) is 47.6 Å². The summed E-state index contributed by atoms with van der Waals surface area (Å²) in [6, 6.07) is 13.6. The van der Waals surface area contributed by atoms with Crippen LogP contribution in [0.2, 0.25) is 0 Å². The van der Waals surface area contributed by atoms with Gasteiger partial charge in [0.05, 0.1) is 11.6 Å². The molecule has 0 aliphatic heterocycles. The Labute approximate surface area is 128 Å². The maximum atomic E-state index is 11.8. The van der Waals surface area contributed by atoms with Crippen molar-refractivity contribution < 1.29 is 14.4 Å². The fourth-order valence-electron chi connectivity index (χ4n) is 2.88. The van der Waals surface area contributed by atoms with E-state index in [0.717, 1.165) is 27.6 Å². The quantitative estimate of drug-likeness (QED) is 0.794. The topological polar surface area (TPSA) is 63.3 Å². The molecule has 3 rings (SSSR count). The van der Waals surface area contributed by atoms with Gasteiger partial charge in [-0.3, -0.25) is 4.79 Å². The number of aryl methyl sites for hydroxylation is 2. The van der Waals surface area contributed by atoms with E-state index in [1.165, 1.54) is 0 Å². The van der Waals surface area contributed by atoms with Gasteiger partial charge in [0.2, 0.25) is 0 Å². The fraction of sp³-hybridized carbons (Fsp3) is 0.222. The second kappa shape index (κ2) is 5.64. The average Bonchev–Trinajstić information content (AvgIpc) is 2.83. The normalized spacial score (nSPS) is 12.5. The van der Waals surface area contributed by atoms with Crippen molar-refractivity contribution in [3.63, 3.8) is 0 Å². The third-order valence-corrected chi connectivity index (χ3v) is 4.09. The average molecular weight is 295 g/mol. The summed E-state index contributed by atoms with van der Waals surface area (Å²) in [5.74, 6) is -0.775. The minimum atomic E-state index is -0.837. The smallest absolute Gasteiger partial charge is 0.311 e. The van der Waals surface area contributed by atoms with Gasteiger partial charge < -0.3 is 9.63 Å². The molecule has 0 spiro atoms. The van der Waals surface area contributed by atoms with Crippen molar-refractivity contribution in [1.82, 2.24) is 5.16 Å². The second-order valence-corrected chi connectivity index (χ2v) is 5.47. The van der Waals surface area contributed by atoms with E-state index in [9.17, 15) is 9.90 Å². The lowest BCUT2D eigenvalue weighted by molar-refractivity contribution is -0.138. The first-order valence-electron chi connectivity index (χ1n) is 7.20. The maximum absolute atomic E-state index is 11.8. The number of benzene rings is 2. The number of aromatic nitrogens is 1. The van der Waals surface area contributed by atoms with Gasteiger partial charge in [-0.15, -0.1) is 0 Å². The zero-order valence-electron chi connectivity index (χ0n) is 12.5. The molecule has 1 atom stereocenters. The number of rotatable bonds is 4.